The smallest absolute Gasteiger partial charge is 0.243 e. The third kappa shape index (κ3) is 2.87. The molecular weight excluding hydrogens is 319 g/mol. The minimum Gasteiger partial charge on any atom is -0.340 e. The Morgan fingerprint density at radius 1 is 1.09 bits per heavy atom. The van der Waals surface area contributed by atoms with E-state index in [1.807, 2.05) is 7.05 Å². The van der Waals surface area contributed by atoms with E-state index in [-0.39, 0.29) is 16.3 Å². The van der Waals surface area contributed by atoms with Crippen LogP contribution >= 0.6 is 0 Å². The Morgan fingerprint density at radius 2 is 1.78 bits per heavy atom. The first-order valence-corrected chi connectivity index (χ1v) is 9.32. The molecule has 0 aliphatic carbocycles. The topological polar surface area (TPSA) is 57.7 Å². The molecule has 2 saturated heterocycles. The van der Waals surface area contributed by atoms with Gasteiger partial charge in [0.05, 0.1) is 4.90 Å². The summed E-state index contributed by atoms with van der Waals surface area (Å²) in [6.45, 7) is 0.820. The molecule has 2 heterocycles. The van der Waals surface area contributed by atoms with Crippen LogP contribution in [-0.4, -0.2) is 49.2 Å². The van der Waals surface area contributed by atoms with Crippen LogP contribution < -0.4 is 0 Å². The van der Waals surface area contributed by atoms with Crippen LogP contribution in [0.25, 0.3) is 0 Å². The standard InChI is InChI=1S/C16H21FN2O3S/c1-18-15(20)7-9-16(18)8-2-11-19(12-10-16)23(21,22)14-5-3-13(17)4-6-14/h3-6H,2,7-12H2,1H3. The molecule has 3 rings (SSSR count). The highest BCUT2D eigenvalue weighted by Gasteiger charge is 2.44. The summed E-state index contributed by atoms with van der Waals surface area (Å²) in [4.78, 5) is 13.8. The fourth-order valence-electron chi connectivity index (χ4n) is 3.68. The number of likely N-dealkylation sites (tertiary alicyclic amines) is 1. The van der Waals surface area contributed by atoms with E-state index in [4.69, 9.17) is 0 Å². The molecular formula is C16H21FN2O3S. The summed E-state index contributed by atoms with van der Waals surface area (Å²) in [5.74, 6) is -0.315. The minimum atomic E-state index is -3.62. The highest BCUT2D eigenvalue weighted by atomic mass is 32.2. The fourth-order valence-corrected chi connectivity index (χ4v) is 5.15. The van der Waals surface area contributed by atoms with Crippen LogP contribution in [0.2, 0.25) is 0 Å². The molecule has 1 amide bonds. The highest BCUT2D eigenvalue weighted by molar-refractivity contribution is 7.89. The average molecular weight is 340 g/mol. The average Bonchev–Trinajstić information content (AvgIpc) is 2.70. The molecule has 1 atom stereocenters. The summed E-state index contributed by atoms with van der Waals surface area (Å²) < 4.78 is 39.9. The SMILES string of the molecule is CN1C(=O)CCC12CCCN(S(=O)(=O)c1ccc(F)cc1)CC2. The van der Waals surface area contributed by atoms with E-state index >= 15 is 0 Å². The van der Waals surface area contributed by atoms with Crippen molar-refractivity contribution in [2.45, 2.75) is 42.5 Å². The van der Waals surface area contributed by atoms with Crippen molar-refractivity contribution < 1.29 is 17.6 Å². The molecule has 1 unspecified atom stereocenters. The molecule has 2 aliphatic rings. The molecule has 0 radical (unpaired) electrons. The van der Waals surface area contributed by atoms with Crippen molar-refractivity contribution in [1.29, 1.82) is 0 Å². The molecule has 1 spiro atoms. The zero-order valence-corrected chi connectivity index (χ0v) is 14.0. The Labute approximate surface area is 136 Å². The van der Waals surface area contributed by atoms with Gasteiger partial charge < -0.3 is 4.90 Å². The van der Waals surface area contributed by atoms with Crippen molar-refractivity contribution in [3.63, 3.8) is 0 Å². The van der Waals surface area contributed by atoms with Crippen molar-refractivity contribution in [2.24, 2.45) is 0 Å². The largest absolute Gasteiger partial charge is 0.340 e. The second-order valence-electron chi connectivity index (χ2n) is 6.39. The number of sulfonamides is 1. The van der Waals surface area contributed by atoms with Crippen molar-refractivity contribution in [1.82, 2.24) is 9.21 Å². The van der Waals surface area contributed by atoms with E-state index in [0.717, 1.165) is 31.4 Å². The Kier molecular flexibility index (Phi) is 4.18. The zero-order valence-electron chi connectivity index (χ0n) is 13.2. The van der Waals surface area contributed by atoms with Gasteiger partial charge in [-0.25, -0.2) is 12.8 Å². The molecule has 1 aromatic rings. The van der Waals surface area contributed by atoms with E-state index < -0.39 is 15.8 Å². The van der Waals surface area contributed by atoms with E-state index in [2.05, 4.69) is 0 Å². The van der Waals surface area contributed by atoms with Gasteiger partial charge in [0.15, 0.2) is 0 Å². The summed E-state index contributed by atoms with van der Waals surface area (Å²) in [6, 6.07) is 4.93. The predicted molar refractivity (Wildman–Crippen MR) is 83.7 cm³/mol. The Morgan fingerprint density at radius 3 is 2.39 bits per heavy atom. The maximum Gasteiger partial charge on any atom is 0.243 e. The number of carbonyl (C=O) groups excluding carboxylic acids is 1. The van der Waals surface area contributed by atoms with Gasteiger partial charge in [0.2, 0.25) is 15.9 Å². The fraction of sp³-hybridized carbons (Fsp3) is 0.562. The third-order valence-corrected chi connectivity index (χ3v) is 7.13. The molecule has 2 aliphatic heterocycles. The molecule has 23 heavy (non-hydrogen) atoms. The van der Waals surface area contributed by atoms with E-state index in [9.17, 15) is 17.6 Å². The van der Waals surface area contributed by atoms with Crippen LogP contribution in [0.3, 0.4) is 0 Å². The van der Waals surface area contributed by atoms with E-state index in [0.29, 0.717) is 25.9 Å². The van der Waals surface area contributed by atoms with Crippen molar-refractivity contribution >= 4 is 15.9 Å². The van der Waals surface area contributed by atoms with E-state index in [1.165, 1.54) is 16.4 Å². The van der Waals surface area contributed by atoms with Gasteiger partial charge in [-0.3, -0.25) is 4.79 Å². The molecule has 0 saturated carbocycles. The molecule has 0 bridgehead atoms. The number of hydrogen-bond donors (Lipinski definition) is 0. The van der Waals surface area contributed by atoms with Gasteiger partial charge >= 0.3 is 0 Å². The van der Waals surface area contributed by atoms with Gasteiger partial charge in [0.25, 0.3) is 0 Å². The molecule has 5 nitrogen and oxygen atoms in total. The van der Waals surface area contributed by atoms with E-state index in [1.54, 1.807) is 4.90 Å². The second-order valence-corrected chi connectivity index (χ2v) is 8.33. The molecule has 0 N–H and O–H groups in total. The van der Waals surface area contributed by atoms with Gasteiger partial charge in [-0.1, -0.05) is 0 Å². The second kappa shape index (κ2) is 5.87. The Balaban J connectivity index is 1.80. The number of amides is 1. The van der Waals surface area contributed by atoms with Gasteiger partial charge in [-0.15, -0.1) is 0 Å². The summed E-state index contributed by atoms with van der Waals surface area (Å²) in [5.41, 5.74) is -0.204. The van der Waals surface area contributed by atoms with Crippen LogP contribution in [0.15, 0.2) is 29.2 Å². The lowest BCUT2D eigenvalue weighted by Crippen LogP contribution is -2.44. The molecule has 1 aromatic carbocycles. The van der Waals surface area contributed by atoms with Crippen molar-refractivity contribution in [3.8, 4) is 0 Å². The quantitative estimate of drug-likeness (QED) is 0.827. The Bertz CT molecular complexity index is 705. The number of hydrogen-bond acceptors (Lipinski definition) is 3. The molecule has 126 valence electrons. The van der Waals surface area contributed by atoms with Crippen LogP contribution in [0.1, 0.15) is 32.1 Å². The zero-order chi connectivity index (χ0) is 16.7. The summed E-state index contributed by atoms with van der Waals surface area (Å²) in [6.07, 6.45) is 3.53. The normalized spacial score (nSPS) is 26.7. The number of nitrogens with zero attached hydrogens (tertiary/aromatic N) is 2. The summed E-state index contributed by atoms with van der Waals surface area (Å²) in [7, 11) is -1.80. The number of carbonyl (C=O) groups is 1. The van der Waals surface area contributed by atoms with Gasteiger partial charge in [-0.2, -0.15) is 4.31 Å². The first kappa shape index (κ1) is 16.4. The summed E-state index contributed by atoms with van der Waals surface area (Å²) >= 11 is 0. The first-order chi connectivity index (χ1) is 10.8. The lowest BCUT2D eigenvalue weighted by atomic mass is 9.88. The first-order valence-electron chi connectivity index (χ1n) is 7.88. The highest BCUT2D eigenvalue weighted by Crippen LogP contribution is 2.38. The number of halogens is 1. The van der Waals surface area contributed by atoms with Crippen LogP contribution in [0.4, 0.5) is 4.39 Å². The molecule has 0 aromatic heterocycles. The molecule has 2 fully saturated rings. The van der Waals surface area contributed by atoms with Gasteiger partial charge in [0, 0.05) is 32.1 Å². The lowest BCUT2D eigenvalue weighted by molar-refractivity contribution is -0.129. The van der Waals surface area contributed by atoms with Gasteiger partial charge in [-0.05, 0) is 49.9 Å². The van der Waals surface area contributed by atoms with Gasteiger partial charge in [0.1, 0.15) is 5.82 Å². The van der Waals surface area contributed by atoms with Crippen molar-refractivity contribution in [3.05, 3.63) is 30.1 Å². The van der Waals surface area contributed by atoms with Crippen LogP contribution in [0.5, 0.6) is 0 Å². The monoisotopic (exact) mass is 340 g/mol. The lowest BCUT2D eigenvalue weighted by Gasteiger charge is -2.35. The number of benzene rings is 1. The maximum atomic E-state index is 13.0. The Hall–Kier alpha value is -1.47. The molecule has 7 heteroatoms. The van der Waals surface area contributed by atoms with Crippen molar-refractivity contribution in [2.75, 3.05) is 20.1 Å². The van der Waals surface area contributed by atoms with Crippen LogP contribution in [0, 0.1) is 5.82 Å². The third-order valence-electron chi connectivity index (χ3n) is 5.22. The minimum absolute atomic E-state index is 0.116. The van der Waals surface area contributed by atoms with Crippen LogP contribution in [-0.2, 0) is 14.8 Å². The summed E-state index contributed by atoms with van der Waals surface area (Å²) in [5, 5.41) is 0. The number of rotatable bonds is 2. The predicted octanol–water partition coefficient (Wildman–Crippen LogP) is 1.99. The maximum absolute atomic E-state index is 13.0.